The summed E-state index contributed by atoms with van der Waals surface area (Å²) in [7, 11) is 0. The van der Waals surface area contributed by atoms with E-state index in [9.17, 15) is 9.18 Å². The van der Waals surface area contributed by atoms with Crippen molar-refractivity contribution in [2.75, 3.05) is 11.4 Å². The molecule has 0 saturated heterocycles. The van der Waals surface area contributed by atoms with Crippen LogP contribution in [0.4, 0.5) is 14.9 Å². The fraction of sp³-hybridized carbons (Fsp3) is 0.462. The largest absolute Gasteiger partial charge is 0.443 e. The molecule has 98 valence electrons. The summed E-state index contributed by atoms with van der Waals surface area (Å²) in [6.07, 6.45) is 0.0859. The van der Waals surface area contributed by atoms with Crippen LogP contribution in [0, 0.1) is 5.82 Å². The highest BCUT2D eigenvalue weighted by Gasteiger charge is 2.31. The molecule has 0 radical (unpaired) electrons. The van der Waals surface area contributed by atoms with E-state index in [0.717, 1.165) is 0 Å². The third-order valence-electron chi connectivity index (χ3n) is 2.66. The fourth-order valence-corrected chi connectivity index (χ4v) is 2.30. The van der Waals surface area contributed by atoms with Gasteiger partial charge in [-0.2, -0.15) is 0 Å². The average Bonchev–Trinajstić information content (AvgIpc) is 2.65. The third kappa shape index (κ3) is 2.51. The van der Waals surface area contributed by atoms with Gasteiger partial charge in [-0.3, -0.25) is 4.90 Å². The Balaban J connectivity index is 2.27. The number of carbonyl (C=O) groups excluding carboxylic acids is 1. The van der Waals surface area contributed by atoms with E-state index in [1.54, 1.807) is 12.1 Å². The van der Waals surface area contributed by atoms with E-state index >= 15 is 0 Å². The highest BCUT2D eigenvalue weighted by molar-refractivity contribution is 9.10. The molecule has 18 heavy (non-hydrogen) atoms. The van der Waals surface area contributed by atoms with Crippen LogP contribution in [0.1, 0.15) is 26.3 Å². The van der Waals surface area contributed by atoms with Gasteiger partial charge in [0.25, 0.3) is 0 Å². The molecule has 2 rings (SSSR count). The molecule has 3 nitrogen and oxygen atoms in total. The summed E-state index contributed by atoms with van der Waals surface area (Å²) >= 11 is 3.14. The van der Waals surface area contributed by atoms with Crippen LogP contribution in [0.5, 0.6) is 0 Å². The van der Waals surface area contributed by atoms with Crippen molar-refractivity contribution in [2.45, 2.75) is 32.8 Å². The van der Waals surface area contributed by atoms with Gasteiger partial charge in [0.05, 0.1) is 10.2 Å². The molecule has 1 aliphatic rings. The maximum absolute atomic E-state index is 13.9. The molecular formula is C13H15BrFNO2. The van der Waals surface area contributed by atoms with Crippen LogP contribution in [0.25, 0.3) is 0 Å². The van der Waals surface area contributed by atoms with Crippen LogP contribution >= 0.6 is 15.9 Å². The van der Waals surface area contributed by atoms with E-state index in [4.69, 9.17) is 4.74 Å². The van der Waals surface area contributed by atoms with Crippen molar-refractivity contribution in [2.24, 2.45) is 0 Å². The second-order valence-corrected chi connectivity index (χ2v) is 6.10. The lowest BCUT2D eigenvalue weighted by Crippen LogP contribution is -2.35. The number of hydrogen-bond acceptors (Lipinski definition) is 2. The number of hydrogen-bond donors (Lipinski definition) is 0. The van der Waals surface area contributed by atoms with Crippen molar-refractivity contribution in [1.29, 1.82) is 0 Å². The Bertz CT molecular complexity index is 496. The average molecular weight is 316 g/mol. The van der Waals surface area contributed by atoms with Crippen molar-refractivity contribution >= 4 is 27.7 Å². The smallest absolute Gasteiger partial charge is 0.414 e. The summed E-state index contributed by atoms with van der Waals surface area (Å²) in [5.41, 5.74) is 0.619. The van der Waals surface area contributed by atoms with Crippen molar-refractivity contribution < 1.29 is 13.9 Å². The minimum absolute atomic E-state index is 0.293. The molecule has 1 aromatic carbocycles. The van der Waals surface area contributed by atoms with Gasteiger partial charge in [-0.05, 0) is 55.3 Å². The lowest BCUT2D eigenvalue weighted by Gasteiger charge is -2.24. The fourth-order valence-electron chi connectivity index (χ4n) is 1.92. The molecule has 1 amide bonds. The highest BCUT2D eigenvalue weighted by atomic mass is 79.9. The summed E-state index contributed by atoms with van der Waals surface area (Å²) < 4.78 is 19.6. The summed E-state index contributed by atoms with van der Waals surface area (Å²) in [4.78, 5) is 13.5. The van der Waals surface area contributed by atoms with Gasteiger partial charge in [-0.25, -0.2) is 9.18 Å². The van der Waals surface area contributed by atoms with Crippen molar-refractivity contribution in [3.63, 3.8) is 0 Å². The van der Waals surface area contributed by atoms with E-state index in [-0.39, 0.29) is 5.82 Å². The topological polar surface area (TPSA) is 29.5 Å². The van der Waals surface area contributed by atoms with Crippen molar-refractivity contribution in [3.8, 4) is 0 Å². The Kier molecular flexibility index (Phi) is 3.36. The molecule has 5 heteroatoms. The minimum atomic E-state index is -0.548. The first kappa shape index (κ1) is 13.3. The third-order valence-corrected chi connectivity index (χ3v) is 3.27. The molecule has 0 aliphatic carbocycles. The molecule has 1 heterocycles. The first-order valence-corrected chi connectivity index (χ1v) is 6.56. The molecular weight excluding hydrogens is 301 g/mol. The lowest BCUT2D eigenvalue weighted by molar-refractivity contribution is 0.0584. The summed E-state index contributed by atoms with van der Waals surface area (Å²) in [6, 6.07) is 3.34. The molecule has 0 saturated carbocycles. The first-order chi connectivity index (χ1) is 8.29. The molecule has 0 aromatic heterocycles. The van der Waals surface area contributed by atoms with Crippen LogP contribution in [-0.2, 0) is 11.2 Å². The summed E-state index contributed by atoms with van der Waals surface area (Å²) in [5, 5.41) is 0. The normalized spacial score (nSPS) is 14.6. The quantitative estimate of drug-likeness (QED) is 0.727. The first-order valence-electron chi connectivity index (χ1n) is 5.77. The maximum atomic E-state index is 13.9. The molecule has 0 spiro atoms. The van der Waals surface area contributed by atoms with Gasteiger partial charge in [-0.1, -0.05) is 0 Å². The zero-order valence-electron chi connectivity index (χ0n) is 10.6. The van der Waals surface area contributed by atoms with Gasteiger partial charge in [0.1, 0.15) is 11.4 Å². The second-order valence-electron chi connectivity index (χ2n) is 5.24. The van der Waals surface area contributed by atoms with Crippen LogP contribution < -0.4 is 4.90 Å². The number of benzene rings is 1. The Morgan fingerprint density at radius 3 is 2.72 bits per heavy atom. The van der Waals surface area contributed by atoms with E-state index in [2.05, 4.69) is 15.9 Å². The highest BCUT2D eigenvalue weighted by Crippen LogP contribution is 2.34. The predicted molar refractivity (Wildman–Crippen MR) is 71.4 cm³/mol. The predicted octanol–water partition coefficient (Wildman–Crippen LogP) is 3.89. The van der Waals surface area contributed by atoms with E-state index < -0.39 is 11.7 Å². The number of nitrogens with zero attached hydrogens (tertiary/aromatic N) is 1. The number of carbonyl (C=O) groups is 1. The standard InChI is InChI=1S/C13H15BrFNO2/c1-13(2,3)18-12(17)16-7-6-8-10(16)5-4-9(14)11(8)15/h4-5H,6-7H2,1-3H3. The molecule has 0 atom stereocenters. The number of rotatable bonds is 0. The molecule has 0 fully saturated rings. The van der Waals surface area contributed by atoms with Gasteiger partial charge in [-0.15, -0.1) is 0 Å². The number of anilines is 1. The molecule has 0 bridgehead atoms. The van der Waals surface area contributed by atoms with Gasteiger partial charge < -0.3 is 4.74 Å². The second kappa shape index (κ2) is 4.53. The van der Waals surface area contributed by atoms with Crippen molar-refractivity contribution in [3.05, 3.63) is 28.0 Å². The van der Waals surface area contributed by atoms with Crippen LogP contribution in [0.3, 0.4) is 0 Å². The number of fused-ring (bicyclic) bond motifs is 1. The Hall–Kier alpha value is -1.10. The van der Waals surface area contributed by atoms with Crippen LogP contribution in [-0.4, -0.2) is 18.2 Å². The monoisotopic (exact) mass is 315 g/mol. The Morgan fingerprint density at radius 1 is 1.44 bits per heavy atom. The van der Waals surface area contributed by atoms with E-state index in [1.807, 2.05) is 20.8 Å². The number of halogens is 2. The summed E-state index contributed by atoms with van der Waals surface area (Å²) in [5.74, 6) is -0.293. The van der Waals surface area contributed by atoms with Crippen molar-refractivity contribution in [1.82, 2.24) is 0 Å². The van der Waals surface area contributed by atoms with Gasteiger partial charge in [0.2, 0.25) is 0 Å². The summed E-state index contributed by atoms with van der Waals surface area (Å²) in [6.45, 7) is 5.88. The van der Waals surface area contributed by atoms with Crippen LogP contribution in [0.15, 0.2) is 16.6 Å². The number of ether oxygens (including phenoxy) is 1. The van der Waals surface area contributed by atoms with Gasteiger partial charge in [0, 0.05) is 12.1 Å². The molecule has 0 N–H and O–H groups in total. The minimum Gasteiger partial charge on any atom is -0.443 e. The SMILES string of the molecule is CC(C)(C)OC(=O)N1CCc2c1ccc(Br)c2F. The van der Waals surface area contributed by atoms with Crippen LogP contribution in [0.2, 0.25) is 0 Å². The number of amides is 1. The lowest BCUT2D eigenvalue weighted by atomic mass is 10.1. The Labute approximate surface area is 114 Å². The maximum Gasteiger partial charge on any atom is 0.414 e. The van der Waals surface area contributed by atoms with Gasteiger partial charge >= 0.3 is 6.09 Å². The van der Waals surface area contributed by atoms with E-state index in [0.29, 0.717) is 28.7 Å². The zero-order valence-corrected chi connectivity index (χ0v) is 12.2. The molecule has 1 aliphatic heterocycles. The zero-order chi connectivity index (χ0) is 13.5. The molecule has 1 aromatic rings. The van der Waals surface area contributed by atoms with Gasteiger partial charge in [0.15, 0.2) is 0 Å². The van der Waals surface area contributed by atoms with E-state index in [1.165, 1.54) is 4.90 Å². The Morgan fingerprint density at radius 2 is 2.11 bits per heavy atom. The molecule has 0 unspecified atom stereocenters.